The summed E-state index contributed by atoms with van der Waals surface area (Å²) < 4.78 is 1.97. The fourth-order valence-corrected chi connectivity index (χ4v) is 4.45. The summed E-state index contributed by atoms with van der Waals surface area (Å²) in [5.74, 6) is 0.0944. The van der Waals surface area contributed by atoms with E-state index >= 15 is 0 Å². The van der Waals surface area contributed by atoms with Crippen LogP contribution in [0.25, 0.3) is 11.8 Å². The number of para-hydroxylation sites is 2. The van der Waals surface area contributed by atoms with Gasteiger partial charge in [0.05, 0.1) is 16.3 Å². The number of aromatic nitrogens is 1. The van der Waals surface area contributed by atoms with E-state index in [9.17, 15) is 9.90 Å². The van der Waals surface area contributed by atoms with Crippen LogP contribution >= 0.6 is 11.8 Å². The monoisotopic (exact) mass is 437 g/mol. The van der Waals surface area contributed by atoms with E-state index in [0.717, 1.165) is 22.8 Å². The van der Waals surface area contributed by atoms with Gasteiger partial charge in [0.1, 0.15) is 5.75 Å². The van der Waals surface area contributed by atoms with Crippen molar-refractivity contribution in [3.05, 3.63) is 114 Å². The molecule has 0 saturated carbocycles. The molecule has 5 nitrogen and oxygen atoms in total. The van der Waals surface area contributed by atoms with E-state index in [1.165, 1.54) is 11.8 Å². The van der Waals surface area contributed by atoms with Gasteiger partial charge >= 0.3 is 0 Å². The minimum absolute atomic E-state index is 0.116. The zero-order chi connectivity index (χ0) is 21.9. The predicted octanol–water partition coefficient (Wildman–Crippen LogP) is 5.99. The van der Waals surface area contributed by atoms with Crippen LogP contribution in [0.4, 0.5) is 11.4 Å². The summed E-state index contributed by atoms with van der Waals surface area (Å²) in [5.41, 5.74) is 3.32. The van der Waals surface area contributed by atoms with Crippen LogP contribution in [0.5, 0.6) is 5.75 Å². The van der Waals surface area contributed by atoms with Crippen LogP contribution < -0.4 is 4.90 Å². The van der Waals surface area contributed by atoms with E-state index in [2.05, 4.69) is 0 Å². The first kappa shape index (κ1) is 19.9. The number of carbonyl (C=O) groups excluding carboxylic acids is 1. The van der Waals surface area contributed by atoms with Crippen molar-refractivity contribution in [2.24, 2.45) is 4.99 Å². The highest BCUT2D eigenvalue weighted by atomic mass is 32.2. The summed E-state index contributed by atoms with van der Waals surface area (Å²) in [6.07, 6.45) is 3.81. The number of amides is 1. The quantitative estimate of drug-likeness (QED) is 0.399. The van der Waals surface area contributed by atoms with Crippen molar-refractivity contribution in [2.45, 2.75) is 0 Å². The van der Waals surface area contributed by atoms with Crippen LogP contribution in [0, 0.1) is 0 Å². The van der Waals surface area contributed by atoms with Gasteiger partial charge in [0.15, 0.2) is 5.17 Å². The van der Waals surface area contributed by atoms with E-state index in [1.807, 2.05) is 102 Å². The van der Waals surface area contributed by atoms with E-state index < -0.39 is 0 Å². The minimum Gasteiger partial charge on any atom is -0.508 e. The minimum atomic E-state index is -0.116. The first-order valence-electron chi connectivity index (χ1n) is 10.1. The average molecular weight is 438 g/mol. The third-order valence-corrected chi connectivity index (χ3v) is 5.96. The number of aliphatic imine (C=N–C) groups is 1. The van der Waals surface area contributed by atoms with Crippen LogP contribution in [0.2, 0.25) is 0 Å². The van der Waals surface area contributed by atoms with Crippen molar-refractivity contribution in [1.82, 2.24) is 4.57 Å². The molecule has 1 saturated heterocycles. The Morgan fingerprint density at radius 2 is 1.47 bits per heavy atom. The molecule has 0 unspecified atom stereocenters. The smallest absolute Gasteiger partial charge is 0.271 e. The molecule has 32 heavy (non-hydrogen) atoms. The highest BCUT2D eigenvalue weighted by molar-refractivity contribution is 8.19. The number of rotatable bonds is 4. The summed E-state index contributed by atoms with van der Waals surface area (Å²) in [4.78, 5) is 20.4. The molecule has 0 radical (unpaired) electrons. The van der Waals surface area contributed by atoms with Crippen molar-refractivity contribution >= 4 is 40.3 Å². The lowest BCUT2D eigenvalue weighted by Crippen LogP contribution is -2.28. The molecule has 1 aliphatic rings. The fraction of sp³-hybridized carbons (Fsp3) is 0. The molecule has 5 rings (SSSR count). The number of phenols is 1. The molecule has 1 aromatic heterocycles. The van der Waals surface area contributed by atoms with Gasteiger partial charge < -0.3 is 9.67 Å². The molecule has 156 valence electrons. The zero-order valence-electron chi connectivity index (χ0n) is 17.0. The average Bonchev–Trinajstić information content (AvgIpc) is 3.40. The van der Waals surface area contributed by atoms with Crippen molar-refractivity contribution in [1.29, 1.82) is 0 Å². The van der Waals surface area contributed by atoms with Crippen molar-refractivity contribution < 1.29 is 9.90 Å². The number of phenolic OH excluding ortho intramolecular Hbond substituents is 1. The molecule has 6 heteroatoms. The van der Waals surface area contributed by atoms with E-state index in [-0.39, 0.29) is 11.7 Å². The normalized spacial score (nSPS) is 16.2. The van der Waals surface area contributed by atoms with Crippen LogP contribution in [0.1, 0.15) is 5.69 Å². The van der Waals surface area contributed by atoms with Gasteiger partial charge in [0, 0.05) is 17.6 Å². The number of hydrogen-bond donors (Lipinski definition) is 1. The number of hydrogen-bond acceptors (Lipinski definition) is 4. The Morgan fingerprint density at radius 3 is 2.19 bits per heavy atom. The summed E-state index contributed by atoms with van der Waals surface area (Å²) >= 11 is 1.36. The molecule has 1 amide bonds. The Morgan fingerprint density at radius 1 is 0.781 bits per heavy atom. The molecule has 0 aliphatic carbocycles. The van der Waals surface area contributed by atoms with Gasteiger partial charge in [0.25, 0.3) is 5.91 Å². The number of thioether (sulfide) groups is 1. The Balaban J connectivity index is 1.56. The topological polar surface area (TPSA) is 57.8 Å². The van der Waals surface area contributed by atoms with Gasteiger partial charge in [-0.2, -0.15) is 0 Å². The number of carbonyl (C=O) groups is 1. The maximum absolute atomic E-state index is 13.4. The molecule has 0 bridgehead atoms. The highest BCUT2D eigenvalue weighted by Crippen LogP contribution is 2.37. The molecular weight excluding hydrogens is 418 g/mol. The molecule has 4 aromatic rings. The maximum Gasteiger partial charge on any atom is 0.271 e. The third kappa shape index (κ3) is 3.96. The number of aromatic hydroxyl groups is 1. The Kier molecular flexibility index (Phi) is 5.35. The maximum atomic E-state index is 13.4. The van der Waals surface area contributed by atoms with Crippen LogP contribution in [-0.4, -0.2) is 20.7 Å². The zero-order valence-corrected chi connectivity index (χ0v) is 17.8. The molecule has 0 atom stereocenters. The van der Waals surface area contributed by atoms with E-state index in [4.69, 9.17) is 4.99 Å². The van der Waals surface area contributed by atoms with Gasteiger partial charge in [-0.3, -0.25) is 9.69 Å². The van der Waals surface area contributed by atoms with Gasteiger partial charge in [-0.25, -0.2) is 4.99 Å². The molecule has 0 spiro atoms. The second kappa shape index (κ2) is 8.61. The Bertz CT molecular complexity index is 1310. The van der Waals surface area contributed by atoms with Gasteiger partial charge in [-0.15, -0.1) is 0 Å². The fourth-order valence-electron chi connectivity index (χ4n) is 3.46. The van der Waals surface area contributed by atoms with Crippen LogP contribution in [0.15, 0.2) is 113 Å². The van der Waals surface area contributed by atoms with Crippen molar-refractivity contribution in [3.63, 3.8) is 0 Å². The Labute approximate surface area is 190 Å². The van der Waals surface area contributed by atoms with Crippen LogP contribution in [-0.2, 0) is 4.79 Å². The number of nitrogens with zero attached hydrogens (tertiary/aromatic N) is 3. The highest BCUT2D eigenvalue weighted by Gasteiger charge is 2.34. The first-order chi connectivity index (χ1) is 15.7. The van der Waals surface area contributed by atoms with Gasteiger partial charge in [-0.05, 0) is 78.5 Å². The third-order valence-electron chi connectivity index (χ3n) is 4.99. The summed E-state index contributed by atoms with van der Waals surface area (Å²) in [5, 5.41) is 10.2. The Hall–Kier alpha value is -4.03. The predicted molar refractivity (Wildman–Crippen MR) is 130 cm³/mol. The lowest BCUT2D eigenvalue weighted by Gasteiger charge is -2.15. The largest absolute Gasteiger partial charge is 0.508 e. The first-order valence-corrected chi connectivity index (χ1v) is 10.9. The molecule has 1 aliphatic heterocycles. The summed E-state index contributed by atoms with van der Waals surface area (Å²) in [7, 11) is 0. The van der Waals surface area contributed by atoms with Crippen LogP contribution in [0.3, 0.4) is 0 Å². The standard InChI is InChI=1S/C26H19N3O2S/c30-23-15-13-20(14-16-23)28-17-7-12-22(28)18-24-25(31)29(21-10-5-2-6-11-21)26(32-24)27-19-8-3-1-4-9-19/h1-18,30H/b24-18-,27-26?. The molecule has 3 aromatic carbocycles. The molecule has 2 heterocycles. The number of anilines is 1. The lowest BCUT2D eigenvalue weighted by atomic mass is 10.2. The van der Waals surface area contributed by atoms with Gasteiger partial charge in [0.2, 0.25) is 0 Å². The van der Waals surface area contributed by atoms with E-state index in [0.29, 0.717) is 10.1 Å². The number of benzene rings is 3. The molecule has 1 fully saturated rings. The number of amidine groups is 1. The summed E-state index contributed by atoms with van der Waals surface area (Å²) in [6.45, 7) is 0. The van der Waals surface area contributed by atoms with Crippen molar-refractivity contribution in [3.8, 4) is 11.4 Å². The molecule has 1 N–H and O–H groups in total. The van der Waals surface area contributed by atoms with Gasteiger partial charge in [-0.1, -0.05) is 36.4 Å². The SMILES string of the molecule is O=C1/C(=C/c2cccn2-c2ccc(O)cc2)SC(=Nc2ccccc2)N1c1ccccc1. The van der Waals surface area contributed by atoms with Crippen molar-refractivity contribution in [2.75, 3.05) is 4.90 Å². The molecular formula is C26H19N3O2S. The second-order valence-electron chi connectivity index (χ2n) is 7.14. The lowest BCUT2D eigenvalue weighted by molar-refractivity contribution is -0.113. The second-order valence-corrected chi connectivity index (χ2v) is 8.15. The summed E-state index contributed by atoms with van der Waals surface area (Å²) in [6, 6.07) is 30.0. The van der Waals surface area contributed by atoms with E-state index in [1.54, 1.807) is 17.0 Å².